The predicted molar refractivity (Wildman–Crippen MR) is 133 cm³/mol. The second-order valence-corrected chi connectivity index (χ2v) is 10.3. The van der Waals surface area contributed by atoms with Crippen LogP contribution in [0.1, 0.15) is 61.9 Å². The Balaban J connectivity index is 1.46. The molecule has 2 aromatic rings. The molecule has 1 amide bonds. The van der Waals surface area contributed by atoms with Crippen molar-refractivity contribution in [3.8, 4) is 5.75 Å². The minimum absolute atomic E-state index is 0.143. The predicted octanol–water partition coefficient (Wildman–Crippen LogP) is 5.07. The van der Waals surface area contributed by atoms with Gasteiger partial charge in [0.1, 0.15) is 12.4 Å². The van der Waals surface area contributed by atoms with Gasteiger partial charge in [0.2, 0.25) is 0 Å². The van der Waals surface area contributed by atoms with Gasteiger partial charge in [0, 0.05) is 50.7 Å². The number of nitrogens with zero attached hydrogens (tertiary/aromatic N) is 3. The van der Waals surface area contributed by atoms with E-state index in [2.05, 4.69) is 48.0 Å². The van der Waals surface area contributed by atoms with Crippen molar-refractivity contribution in [2.45, 2.75) is 52.4 Å². The molecule has 0 radical (unpaired) electrons. The molecular weight excluding hydrogens is 410 g/mol. The van der Waals surface area contributed by atoms with Crippen LogP contribution in [0, 0.1) is 11.3 Å². The fourth-order valence-electron chi connectivity index (χ4n) is 5.53. The average Bonchev–Trinajstić information content (AvgIpc) is 2.82. The zero-order valence-electron chi connectivity index (χ0n) is 20.3. The van der Waals surface area contributed by atoms with Crippen LogP contribution in [0.25, 0.3) is 0 Å². The van der Waals surface area contributed by atoms with Gasteiger partial charge in [0.05, 0.1) is 0 Å². The topological polar surface area (TPSA) is 45.7 Å². The third-order valence-electron chi connectivity index (χ3n) is 7.26. The van der Waals surface area contributed by atoms with Crippen molar-refractivity contribution in [2.75, 3.05) is 39.3 Å². The fourth-order valence-corrected chi connectivity index (χ4v) is 5.53. The monoisotopic (exact) mass is 449 g/mol. The van der Waals surface area contributed by atoms with E-state index in [9.17, 15) is 4.79 Å². The van der Waals surface area contributed by atoms with Gasteiger partial charge in [0.25, 0.3) is 5.91 Å². The lowest BCUT2D eigenvalue weighted by atomic mass is 9.73. The number of amides is 1. The maximum absolute atomic E-state index is 13.0. The van der Waals surface area contributed by atoms with E-state index in [-0.39, 0.29) is 11.3 Å². The Hall–Kier alpha value is -2.40. The summed E-state index contributed by atoms with van der Waals surface area (Å²) in [5.41, 5.74) is 2.36. The quantitative estimate of drug-likeness (QED) is 0.657. The van der Waals surface area contributed by atoms with Gasteiger partial charge in [-0.1, -0.05) is 38.5 Å². The van der Waals surface area contributed by atoms with E-state index in [0.717, 1.165) is 69.9 Å². The SMILES string of the molecule is CC(C)CN1CCOc2ccccc2CCCCC2(CCN(C(=O)c3ccncc3)CC2)C1. The van der Waals surface area contributed by atoms with Crippen LogP contribution < -0.4 is 4.74 Å². The molecule has 0 saturated carbocycles. The number of hydrogen-bond acceptors (Lipinski definition) is 4. The molecule has 33 heavy (non-hydrogen) atoms. The molecule has 1 aromatic carbocycles. The molecule has 2 aliphatic rings. The van der Waals surface area contributed by atoms with Gasteiger partial charge in [-0.3, -0.25) is 14.7 Å². The van der Waals surface area contributed by atoms with E-state index in [1.807, 2.05) is 17.0 Å². The number of aromatic nitrogens is 1. The maximum Gasteiger partial charge on any atom is 0.253 e. The summed E-state index contributed by atoms with van der Waals surface area (Å²) in [4.78, 5) is 21.7. The van der Waals surface area contributed by atoms with Gasteiger partial charge in [-0.05, 0) is 67.2 Å². The molecule has 178 valence electrons. The lowest BCUT2D eigenvalue weighted by Gasteiger charge is -2.45. The molecule has 1 saturated heterocycles. The Kier molecular flexibility index (Phi) is 8.02. The standard InChI is InChI=1S/C28H39N3O2/c1-23(2)21-30-19-20-33-26-9-4-3-7-24(26)8-5-6-12-28(22-30)13-17-31(18-14-28)27(32)25-10-15-29-16-11-25/h3-4,7,9-11,15-16,23H,5-6,8,12-14,17-22H2,1-2H3. The van der Waals surface area contributed by atoms with Crippen LogP contribution in [0.15, 0.2) is 48.8 Å². The summed E-state index contributed by atoms with van der Waals surface area (Å²) >= 11 is 0. The Morgan fingerprint density at radius 1 is 1.03 bits per heavy atom. The van der Waals surface area contributed by atoms with Crippen molar-refractivity contribution in [1.29, 1.82) is 0 Å². The average molecular weight is 450 g/mol. The van der Waals surface area contributed by atoms with Crippen molar-refractivity contribution >= 4 is 5.91 Å². The molecule has 1 spiro atoms. The molecule has 1 aromatic heterocycles. The molecule has 4 rings (SSSR count). The van der Waals surface area contributed by atoms with Gasteiger partial charge >= 0.3 is 0 Å². The minimum Gasteiger partial charge on any atom is -0.492 e. The Morgan fingerprint density at radius 3 is 2.55 bits per heavy atom. The normalized spacial score (nSPS) is 19.9. The Morgan fingerprint density at radius 2 is 1.79 bits per heavy atom. The summed E-state index contributed by atoms with van der Waals surface area (Å²) in [5, 5.41) is 0. The van der Waals surface area contributed by atoms with Crippen LogP contribution in [-0.2, 0) is 6.42 Å². The number of aryl methyl sites for hydroxylation is 1. The van der Waals surface area contributed by atoms with Crippen molar-refractivity contribution in [1.82, 2.24) is 14.8 Å². The zero-order chi connectivity index (χ0) is 23.1. The largest absolute Gasteiger partial charge is 0.492 e. The molecule has 5 heteroatoms. The Labute approximate surface area is 199 Å². The molecule has 2 aliphatic heterocycles. The number of pyridine rings is 1. The lowest BCUT2D eigenvalue weighted by molar-refractivity contribution is 0.0355. The van der Waals surface area contributed by atoms with E-state index in [4.69, 9.17) is 4.74 Å². The summed E-state index contributed by atoms with van der Waals surface area (Å²) in [6.45, 7) is 10.2. The fraction of sp³-hybridized carbons (Fsp3) is 0.571. The number of para-hydroxylation sites is 1. The first-order valence-corrected chi connectivity index (χ1v) is 12.7. The first-order valence-electron chi connectivity index (χ1n) is 12.7. The Bertz CT molecular complexity index is 891. The molecule has 5 nitrogen and oxygen atoms in total. The van der Waals surface area contributed by atoms with E-state index < -0.39 is 0 Å². The summed E-state index contributed by atoms with van der Waals surface area (Å²) in [5.74, 6) is 1.82. The number of carbonyl (C=O) groups is 1. The second kappa shape index (κ2) is 11.1. The number of fused-ring (bicyclic) bond motifs is 1. The summed E-state index contributed by atoms with van der Waals surface area (Å²) in [6, 6.07) is 12.2. The van der Waals surface area contributed by atoms with Crippen molar-refractivity contribution < 1.29 is 9.53 Å². The number of likely N-dealkylation sites (tertiary alicyclic amines) is 1. The summed E-state index contributed by atoms with van der Waals surface area (Å²) in [6.07, 6.45) is 10.3. The zero-order valence-corrected chi connectivity index (χ0v) is 20.3. The van der Waals surface area contributed by atoms with Crippen LogP contribution in [-0.4, -0.2) is 60.0 Å². The smallest absolute Gasteiger partial charge is 0.253 e. The minimum atomic E-state index is 0.143. The number of ether oxygens (including phenoxy) is 1. The van der Waals surface area contributed by atoms with Crippen LogP contribution >= 0.6 is 0 Å². The number of hydrogen-bond donors (Lipinski definition) is 0. The van der Waals surface area contributed by atoms with Crippen LogP contribution in [0.4, 0.5) is 0 Å². The van der Waals surface area contributed by atoms with Gasteiger partial charge in [-0.25, -0.2) is 0 Å². The molecule has 1 fully saturated rings. The number of rotatable bonds is 3. The van der Waals surface area contributed by atoms with Crippen LogP contribution in [0.3, 0.4) is 0 Å². The first-order chi connectivity index (χ1) is 16.0. The third kappa shape index (κ3) is 6.35. The molecule has 0 unspecified atom stereocenters. The van der Waals surface area contributed by atoms with Crippen molar-refractivity contribution in [2.24, 2.45) is 11.3 Å². The summed E-state index contributed by atoms with van der Waals surface area (Å²) < 4.78 is 6.25. The lowest BCUT2D eigenvalue weighted by Crippen LogP contribution is -2.49. The van der Waals surface area contributed by atoms with Gasteiger partial charge in [-0.15, -0.1) is 0 Å². The van der Waals surface area contributed by atoms with Crippen molar-refractivity contribution in [3.05, 3.63) is 59.9 Å². The van der Waals surface area contributed by atoms with Gasteiger partial charge in [0.15, 0.2) is 0 Å². The molecule has 0 N–H and O–H groups in total. The molecule has 0 aliphatic carbocycles. The van der Waals surface area contributed by atoms with E-state index in [1.165, 1.54) is 24.8 Å². The van der Waals surface area contributed by atoms with Gasteiger partial charge < -0.3 is 9.64 Å². The van der Waals surface area contributed by atoms with Crippen LogP contribution in [0.5, 0.6) is 5.75 Å². The highest BCUT2D eigenvalue weighted by Crippen LogP contribution is 2.39. The van der Waals surface area contributed by atoms with E-state index in [0.29, 0.717) is 5.92 Å². The van der Waals surface area contributed by atoms with Crippen molar-refractivity contribution in [3.63, 3.8) is 0 Å². The van der Waals surface area contributed by atoms with Gasteiger partial charge in [-0.2, -0.15) is 0 Å². The molecule has 3 heterocycles. The highest BCUT2D eigenvalue weighted by molar-refractivity contribution is 5.94. The van der Waals surface area contributed by atoms with Crippen LogP contribution in [0.2, 0.25) is 0 Å². The number of carbonyl (C=O) groups excluding carboxylic acids is 1. The van der Waals surface area contributed by atoms with E-state index >= 15 is 0 Å². The molecule has 0 bridgehead atoms. The number of benzene rings is 1. The first kappa shape index (κ1) is 23.7. The highest BCUT2D eigenvalue weighted by Gasteiger charge is 2.37. The number of piperidine rings is 1. The molecule has 0 atom stereocenters. The highest BCUT2D eigenvalue weighted by atomic mass is 16.5. The maximum atomic E-state index is 13.0. The summed E-state index contributed by atoms with van der Waals surface area (Å²) in [7, 11) is 0. The molecular formula is C28H39N3O2. The van der Waals surface area contributed by atoms with E-state index in [1.54, 1.807) is 12.4 Å². The third-order valence-corrected chi connectivity index (χ3v) is 7.26. The second-order valence-electron chi connectivity index (χ2n) is 10.3.